The summed E-state index contributed by atoms with van der Waals surface area (Å²) in [6.07, 6.45) is 1.96. The number of imidazole rings is 1. The van der Waals surface area contributed by atoms with Crippen molar-refractivity contribution in [3.63, 3.8) is 0 Å². The average Bonchev–Trinajstić information content (AvgIpc) is 2.80. The molecular weight excluding hydrogens is 262 g/mol. The SMILES string of the molecule is CCCNC(Cc1nc2ccccc2n1C)C(C)(C)OC. The molecule has 2 rings (SSSR count). The highest BCUT2D eigenvalue weighted by molar-refractivity contribution is 5.75. The zero-order chi connectivity index (χ0) is 15.5. The predicted octanol–water partition coefficient (Wildman–Crippen LogP) is 2.91. The molecule has 0 radical (unpaired) electrons. The van der Waals surface area contributed by atoms with Crippen LogP contribution in [0.4, 0.5) is 0 Å². The zero-order valence-electron chi connectivity index (χ0n) is 13.8. The van der Waals surface area contributed by atoms with Crippen LogP contribution in [-0.4, -0.2) is 34.8 Å². The number of methoxy groups -OCH3 is 1. The summed E-state index contributed by atoms with van der Waals surface area (Å²) >= 11 is 0. The topological polar surface area (TPSA) is 39.1 Å². The maximum atomic E-state index is 5.68. The molecule has 0 spiro atoms. The van der Waals surface area contributed by atoms with Gasteiger partial charge in [-0.2, -0.15) is 0 Å². The number of aromatic nitrogens is 2. The fraction of sp³-hybridized carbons (Fsp3) is 0.588. The molecule has 0 fully saturated rings. The standard InChI is InChI=1S/C17H27N3O/c1-6-11-18-15(17(2,3)21-5)12-16-19-13-9-7-8-10-14(13)20(16)4/h7-10,15,18H,6,11-12H2,1-5H3. The minimum atomic E-state index is -0.229. The van der Waals surface area contributed by atoms with E-state index < -0.39 is 0 Å². The summed E-state index contributed by atoms with van der Waals surface area (Å²) in [5.41, 5.74) is 2.00. The van der Waals surface area contributed by atoms with Gasteiger partial charge in [-0.25, -0.2) is 4.98 Å². The molecule has 1 unspecified atom stereocenters. The van der Waals surface area contributed by atoms with Crippen molar-refractivity contribution in [3.8, 4) is 0 Å². The number of ether oxygens (including phenoxy) is 1. The molecule has 1 heterocycles. The maximum absolute atomic E-state index is 5.68. The van der Waals surface area contributed by atoms with Crippen LogP contribution in [-0.2, 0) is 18.2 Å². The molecule has 2 aromatic rings. The Bertz CT molecular complexity index is 589. The van der Waals surface area contributed by atoms with E-state index >= 15 is 0 Å². The summed E-state index contributed by atoms with van der Waals surface area (Å²) in [5, 5.41) is 3.60. The second kappa shape index (κ2) is 6.58. The lowest BCUT2D eigenvalue weighted by Crippen LogP contribution is -2.50. The van der Waals surface area contributed by atoms with Gasteiger partial charge < -0.3 is 14.6 Å². The van der Waals surface area contributed by atoms with Gasteiger partial charge >= 0.3 is 0 Å². The minimum Gasteiger partial charge on any atom is -0.377 e. The fourth-order valence-electron chi connectivity index (χ4n) is 2.59. The van der Waals surface area contributed by atoms with Gasteiger partial charge in [-0.3, -0.25) is 0 Å². The third kappa shape index (κ3) is 3.44. The van der Waals surface area contributed by atoms with Crippen molar-refractivity contribution in [1.29, 1.82) is 0 Å². The van der Waals surface area contributed by atoms with E-state index in [1.807, 2.05) is 6.07 Å². The van der Waals surface area contributed by atoms with Crippen molar-refractivity contribution in [2.24, 2.45) is 7.05 Å². The van der Waals surface area contributed by atoms with E-state index in [0.29, 0.717) is 0 Å². The zero-order valence-corrected chi connectivity index (χ0v) is 13.8. The van der Waals surface area contributed by atoms with Crippen LogP contribution in [0.15, 0.2) is 24.3 Å². The summed E-state index contributed by atoms with van der Waals surface area (Å²) in [6.45, 7) is 7.42. The van der Waals surface area contributed by atoms with Crippen LogP contribution in [0.2, 0.25) is 0 Å². The highest BCUT2D eigenvalue weighted by atomic mass is 16.5. The highest BCUT2D eigenvalue weighted by Gasteiger charge is 2.30. The first-order valence-corrected chi connectivity index (χ1v) is 7.68. The first kappa shape index (κ1) is 16.0. The highest BCUT2D eigenvalue weighted by Crippen LogP contribution is 2.20. The largest absolute Gasteiger partial charge is 0.377 e. The number of benzene rings is 1. The molecule has 1 N–H and O–H groups in total. The van der Waals surface area contributed by atoms with Gasteiger partial charge in [0.2, 0.25) is 0 Å². The smallest absolute Gasteiger partial charge is 0.111 e. The van der Waals surface area contributed by atoms with Crippen LogP contribution in [0.3, 0.4) is 0 Å². The Labute approximate surface area is 127 Å². The van der Waals surface area contributed by atoms with Crippen LogP contribution < -0.4 is 5.32 Å². The van der Waals surface area contributed by atoms with Gasteiger partial charge in [0, 0.05) is 26.6 Å². The third-order valence-corrected chi connectivity index (χ3v) is 4.27. The Balaban J connectivity index is 2.27. The molecule has 21 heavy (non-hydrogen) atoms. The molecule has 4 heteroatoms. The van der Waals surface area contributed by atoms with Gasteiger partial charge in [-0.1, -0.05) is 19.1 Å². The molecule has 0 saturated carbocycles. The lowest BCUT2D eigenvalue weighted by Gasteiger charge is -2.33. The molecule has 116 valence electrons. The van der Waals surface area contributed by atoms with Gasteiger partial charge in [0.05, 0.1) is 16.6 Å². The van der Waals surface area contributed by atoms with Crippen molar-refractivity contribution in [3.05, 3.63) is 30.1 Å². The number of fused-ring (bicyclic) bond motifs is 1. The van der Waals surface area contributed by atoms with Crippen molar-refractivity contribution >= 4 is 11.0 Å². The van der Waals surface area contributed by atoms with Gasteiger partial charge in [-0.15, -0.1) is 0 Å². The molecule has 1 atom stereocenters. The van der Waals surface area contributed by atoms with E-state index in [1.54, 1.807) is 7.11 Å². The van der Waals surface area contributed by atoms with E-state index in [4.69, 9.17) is 9.72 Å². The van der Waals surface area contributed by atoms with Gasteiger partial charge in [0.25, 0.3) is 0 Å². The van der Waals surface area contributed by atoms with Crippen LogP contribution in [0, 0.1) is 0 Å². The number of para-hydroxylation sites is 2. The van der Waals surface area contributed by atoms with E-state index in [1.165, 1.54) is 5.52 Å². The molecule has 0 bridgehead atoms. The molecular formula is C17H27N3O. The van der Waals surface area contributed by atoms with Crippen molar-refractivity contribution in [2.45, 2.75) is 45.3 Å². The fourth-order valence-corrected chi connectivity index (χ4v) is 2.59. The number of nitrogens with one attached hydrogen (secondary N) is 1. The Morgan fingerprint density at radius 2 is 2.05 bits per heavy atom. The third-order valence-electron chi connectivity index (χ3n) is 4.27. The number of hydrogen-bond donors (Lipinski definition) is 1. The number of aryl methyl sites for hydroxylation is 1. The lowest BCUT2D eigenvalue weighted by atomic mass is 9.95. The van der Waals surface area contributed by atoms with E-state index in [0.717, 1.165) is 30.7 Å². The van der Waals surface area contributed by atoms with E-state index in [9.17, 15) is 0 Å². The van der Waals surface area contributed by atoms with Gasteiger partial charge in [0.1, 0.15) is 5.82 Å². The number of rotatable bonds is 7. The molecule has 0 aliphatic heterocycles. The average molecular weight is 289 g/mol. The van der Waals surface area contributed by atoms with Crippen molar-refractivity contribution in [2.75, 3.05) is 13.7 Å². The van der Waals surface area contributed by atoms with Crippen molar-refractivity contribution in [1.82, 2.24) is 14.9 Å². The van der Waals surface area contributed by atoms with Crippen molar-refractivity contribution < 1.29 is 4.74 Å². The molecule has 0 aliphatic rings. The van der Waals surface area contributed by atoms with Gasteiger partial charge in [-0.05, 0) is 38.9 Å². The summed E-state index contributed by atoms with van der Waals surface area (Å²) in [7, 11) is 3.86. The quantitative estimate of drug-likeness (QED) is 0.852. The Kier molecular flexibility index (Phi) is 5.01. The summed E-state index contributed by atoms with van der Waals surface area (Å²) in [6, 6.07) is 8.50. The van der Waals surface area contributed by atoms with Gasteiger partial charge in [0.15, 0.2) is 0 Å². The van der Waals surface area contributed by atoms with Crippen LogP contribution in [0.5, 0.6) is 0 Å². The van der Waals surface area contributed by atoms with Crippen LogP contribution in [0.25, 0.3) is 11.0 Å². The molecule has 0 saturated heterocycles. The number of nitrogens with zero attached hydrogens (tertiary/aromatic N) is 2. The second-order valence-electron chi connectivity index (χ2n) is 6.09. The Hall–Kier alpha value is -1.39. The minimum absolute atomic E-state index is 0.229. The second-order valence-corrected chi connectivity index (χ2v) is 6.09. The molecule has 1 aromatic heterocycles. The van der Waals surface area contributed by atoms with Crippen LogP contribution in [0.1, 0.15) is 33.0 Å². The summed E-state index contributed by atoms with van der Waals surface area (Å²) in [4.78, 5) is 4.78. The van der Waals surface area contributed by atoms with Crippen LogP contribution >= 0.6 is 0 Å². The predicted molar refractivity (Wildman–Crippen MR) is 87.6 cm³/mol. The normalized spacial score (nSPS) is 13.8. The van der Waals surface area contributed by atoms with E-state index in [-0.39, 0.29) is 11.6 Å². The van der Waals surface area contributed by atoms with E-state index in [2.05, 4.69) is 55.9 Å². The summed E-state index contributed by atoms with van der Waals surface area (Å²) < 4.78 is 7.87. The maximum Gasteiger partial charge on any atom is 0.111 e. The Morgan fingerprint density at radius 1 is 1.33 bits per heavy atom. The molecule has 0 amide bonds. The first-order chi connectivity index (χ1) is 9.99. The molecule has 4 nitrogen and oxygen atoms in total. The summed E-state index contributed by atoms with van der Waals surface area (Å²) in [5.74, 6) is 1.09. The Morgan fingerprint density at radius 3 is 2.67 bits per heavy atom. The lowest BCUT2D eigenvalue weighted by molar-refractivity contribution is -0.0106. The monoisotopic (exact) mass is 289 g/mol. The number of hydrogen-bond acceptors (Lipinski definition) is 3. The molecule has 0 aliphatic carbocycles. The molecule has 1 aromatic carbocycles. The first-order valence-electron chi connectivity index (χ1n) is 7.68.